The van der Waals surface area contributed by atoms with E-state index < -0.39 is 0 Å². The van der Waals surface area contributed by atoms with Crippen LogP contribution < -0.4 is 4.90 Å². The Hall–Kier alpha value is -3.06. The monoisotopic (exact) mass is 393 g/mol. The molecule has 4 aromatic carbocycles. The van der Waals surface area contributed by atoms with Crippen molar-refractivity contribution in [2.24, 2.45) is 0 Å². The maximum atomic E-state index is 2.40. The van der Waals surface area contributed by atoms with E-state index in [-0.39, 0.29) is 5.41 Å². The van der Waals surface area contributed by atoms with Gasteiger partial charge in [0.05, 0.1) is 0 Å². The van der Waals surface area contributed by atoms with Crippen molar-refractivity contribution in [1.29, 1.82) is 0 Å². The van der Waals surface area contributed by atoms with E-state index in [1.807, 2.05) is 0 Å². The Kier molecular flexibility index (Phi) is 5.39. The molecule has 0 aromatic heterocycles. The Morgan fingerprint density at radius 3 is 1.80 bits per heavy atom. The molecule has 0 radical (unpaired) electrons. The molecule has 4 rings (SSSR count). The van der Waals surface area contributed by atoms with Crippen molar-refractivity contribution >= 4 is 22.1 Å². The van der Waals surface area contributed by atoms with Crippen LogP contribution in [0.5, 0.6) is 0 Å². The van der Waals surface area contributed by atoms with E-state index in [0.717, 1.165) is 0 Å². The van der Waals surface area contributed by atoms with Crippen LogP contribution in [-0.2, 0) is 5.41 Å². The highest BCUT2D eigenvalue weighted by Gasteiger charge is 2.17. The zero-order chi connectivity index (χ0) is 21.3. The molecule has 0 spiro atoms. The first-order valence-corrected chi connectivity index (χ1v) is 10.8. The van der Waals surface area contributed by atoms with Gasteiger partial charge in [-0.15, -0.1) is 0 Å². The number of rotatable bonds is 4. The summed E-state index contributed by atoms with van der Waals surface area (Å²) in [5, 5.41) is 2.58. The molecule has 0 amide bonds. The van der Waals surface area contributed by atoms with Gasteiger partial charge in [-0.05, 0) is 71.0 Å². The van der Waals surface area contributed by atoms with Gasteiger partial charge in [0.2, 0.25) is 0 Å². The molecular formula is C29H31N. The zero-order valence-electron chi connectivity index (χ0n) is 18.7. The highest BCUT2D eigenvalue weighted by Crippen LogP contribution is 2.34. The first-order valence-electron chi connectivity index (χ1n) is 10.8. The van der Waals surface area contributed by atoms with E-state index in [4.69, 9.17) is 0 Å². The summed E-state index contributed by atoms with van der Waals surface area (Å²) in [5.41, 5.74) is 6.52. The summed E-state index contributed by atoms with van der Waals surface area (Å²) in [4.78, 5) is 2.40. The molecule has 0 aliphatic carbocycles. The van der Waals surface area contributed by atoms with E-state index in [0.29, 0.717) is 6.04 Å². The minimum atomic E-state index is 0.168. The summed E-state index contributed by atoms with van der Waals surface area (Å²) in [7, 11) is 0. The first-order chi connectivity index (χ1) is 14.3. The van der Waals surface area contributed by atoms with E-state index >= 15 is 0 Å². The van der Waals surface area contributed by atoms with Crippen LogP contribution in [0.4, 0.5) is 11.4 Å². The van der Waals surface area contributed by atoms with Gasteiger partial charge in [-0.3, -0.25) is 0 Å². The van der Waals surface area contributed by atoms with Gasteiger partial charge in [-0.1, -0.05) is 87.5 Å². The molecule has 0 bridgehead atoms. The van der Waals surface area contributed by atoms with Crippen molar-refractivity contribution < 1.29 is 0 Å². The molecule has 0 N–H and O–H groups in total. The summed E-state index contributed by atoms with van der Waals surface area (Å²) in [6, 6.07) is 33.5. The molecule has 1 nitrogen and oxygen atoms in total. The molecule has 0 fully saturated rings. The maximum Gasteiger partial charge on any atom is 0.0413 e. The van der Waals surface area contributed by atoms with Crippen LogP contribution in [0.15, 0.2) is 91.0 Å². The van der Waals surface area contributed by atoms with Crippen LogP contribution >= 0.6 is 0 Å². The van der Waals surface area contributed by atoms with Crippen LogP contribution in [0.3, 0.4) is 0 Å². The fourth-order valence-corrected chi connectivity index (χ4v) is 4.15. The van der Waals surface area contributed by atoms with Gasteiger partial charge in [0.25, 0.3) is 0 Å². The Bertz CT molecular complexity index is 1120. The molecule has 152 valence electrons. The van der Waals surface area contributed by atoms with Crippen molar-refractivity contribution in [3.8, 4) is 11.1 Å². The largest absolute Gasteiger partial charge is 0.339 e. The zero-order valence-corrected chi connectivity index (χ0v) is 18.7. The van der Waals surface area contributed by atoms with Crippen molar-refractivity contribution in [3.63, 3.8) is 0 Å². The quantitative estimate of drug-likeness (QED) is 0.337. The predicted molar refractivity (Wildman–Crippen MR) is 132 cm³/mol. The Labute approximate surface area is 181 Å². The number of fused-ring (bicyclic) bond motifs is 1. The van der Waals surface area contributed by atoms with Gasteiger partial charge in [0.15, 0.2) is 0 Å². The topological polar surface area (TPSA) is 3.24 Å². The highest BCUT2D eigenvalue weighted by molar-refractivity contribution is 5.96. The van der Waals surface area contributed by atoms with Gasteiger partial charge >= 0.3 is 0 Å². The second kappa shape index (κ2) is 7.99. The second-order valence-electron chi connectivity index (χ2n) is 9.33. The molecule has 30 heavy (non-hydrogen) atoms. The van der Waals surface area contributed by atoms with Gasteiger partial charge in [-0.2, -0.15) is 0 Å². The molecule has 0 unspecified atom stereocenters. The fourth-order valence-electron chi connectivity index (χ4n) is 4.15. The van der Waals surface area contributed by atoms with Crippen molar-refractivity contribution in [3.05, 3.63) is 96.6 Å². The molecule has 0 heterocycles. The number of hydrogen-bond donors (Lipinski definition) is 0. The first kappa shape index (κ1) is 20.2. The lowest BCUT2D eigenvalue weighted by Gasteiger charge is -2.30. The molecule has 1 heteroatoms. The second-order valence-corrected chi connectivity index (χ2v) is 9.33. The summed E-state index contributed by atoms with van der Waals surface area (Å²) >= 11 is 0. The van der Waals surface area contributed by atoms with Crippen molar-refractivity contribution in [1.82, 2.24) is 0 Å². The molecule has 4 aromatic rings. The van der Waals surface area contributed by atoms with Crippen LogP contribution in [0.25, 0.3) is 21.9 Å². The Balaban J connectivity index is 1.69. The van der Waals surface area contributed by atoms with Gasteiger partial charge < -0.3 is 4.90 Å². The summed E-state index contributed by atoms with van der Waals surface area (Å²) in [6.45, 7) is 11.3. The molecule has 0 aliphatic heterocycles. The number of anilines is 2. The fraction of sp³-hybridized carbons (Fsp3) is 0.241. The van der Waals surface area contributed by atoms with Crippen molar-refractivity contribution in [2.75, 3.05) is 4.90 Å². The van der Waals surface area contributed by atoms with Gasteiger partial charge in [0, 0.05) is 17.4 Å². The van der Waals surface area contributed by atoms with E-state index in [1.165, 1.54) is 38.8 Å². The third kappa shape index (κ3) is 3.98. The summed E-state index contributed by atoms with van der Waals surface area (Å²) in [5.74, 6) is 0. The van der Waals surface area contributed by atoms with Crippen LogP contribution in [-0.4, -0.2) is 6.04 Å². The van der Waals surface area contributed by atoms with Crippen LogP contribution in [0.1, 0.15) is 40.2 Å². The molecule has 0 atom stereocenters. The normalized spacial score (nSPS) is 11.8. The molecular weight excluding hydrogens is 362 g/mol. The number of nitrogens with zero attached hydrogens (tertiary/aromatic N) is 1. The maximum absolute atomic E-state index is 2.40. The SMILES string of the molecule is CC(C)N(c1ccc(-c2cccc3ccccc23)cc1)c1ccc(C(C)(C)C)cc1. The minimum absolute atomic E-state index is 0.168. The number of hydrogen-bond acceptors (Lipinski definition) is 1. The summed E-state index contributed by atoms with van der Waals surface area (Å²) < 4.78 is 0. The van der Waals surface area contributed by atoms with Crippen LogP contribution in [0.2, 0.25) is 0 Å². The van der Waals surface area contributed by atoms with Gasteiger partial charge in [0.1, 0.15) is 0 Å². The lowest BCUT2D eigenvalue weighted by atomic mass is 9.87. The summed E-state index contributed by atoms with van der Waals surface area (Å²) in [6.07, 6.45) is 0. The van der Waals surface area contributed by atoms with Crippen molar-refractivity contribution in [2.45, 2.75) is 46.1 Å². The van der Waals surface area contributed by atoms with E-state index in [9.17, 15) is 0 Å². The Morgan fingerprint density at radius 1 is 0.633 bits per heavy atom. The third-order valence-corrected chi connectivity index (χ3v) is 5.77. The minimum Gasteiger partial charge on any atom is -0.339 e. The van der Waals surface area contributed by atoms with E-state index in [2.05, 4.69) is 131 Å². The van der Waals surface area contributed by atoms with E-state index in [1.54, 1.807) is 0 Å². The Morgan fingerprint density at radius 2 is 1.20 bits per heavy atom. The average Bonchev–Trinajstić information content (AvgIpc) is 2.73. The highest BCUT2D eigenvalue weighted by atomic mass is 15.2. The molecule has 0 saturated carbocycles. The lowest BCUT2D eigenvalue weighted by Crippen LogP contribution is -2.25. The van der Waals surface area contributed by atoms with Crippen LogP contribution in [0, 0.1) is 0 Å². The average molecular weight is 394 g/mol. The number of benzene rings is 4. The standard InChI is InChI=1S/C29H31N/c1-21(2)30(26-19-15-24(16-20-26)29(3,4)5)25-17-13-23(14-18-25)28-12-8-10-22-9-6-7-11-27(22)28/h6-21H,1-5H3. The molecule has 0 saturated heterocycles. The molecule has 0 aliphatic rings. The van der Waals surface area contributed by atoms with Gasteiger partial charge in [-0.25, -0.2) is 0 Å². The lowest BCUT2D eigenvalue weighted by molar-refractivity contribution is 0.590. The predicted octanol–water partition coefficient (Wildman–Crippen LogP) is 8.35. The smallest absolute Gasteiger partial charge is 0.0413 e. The third-order valence-electron chi connectivity index (χ3n) is 5.77.